The summed E-state index contributed by atoms with van der Waals surface area (Å²) in [7, 11) is 0. The molecule has 2 heteroatoms. The summed E-state index contributed by atoms with van der Waals surface area (Å²) in [6.07, 6.45) is 0. The first kappa shape index (κ1) is 28.1. The Morgan fingerprint density at radius 2 is 1.00 bits per heavy atom. The lowest BCUT2D eigenvalue weighted by Crippen LogP contribution is -2.29. The second-order valence-electron chi connectivity index (χ2n) is 14.5. The van der Waals surface area contributed by atoms with Gasteiger partial charge in [-0.15, -0.1) is 0 Å². The van der Waals surface area contributed by atoms with Gasteiger partial charge >= 0.3 is 0 Å². The molecular formula is C55H38N2. The van der Waals surface area contributed by atoms with E-state index in [2.05, 4.69) is 125 Å². The van der Waals surface area contributed by atoms with Crippen LogP contribution in [-0.2, 0) is 5.41 Å². The Morgan fingerprint density at radius 1 is 0.421 bits per heavy atom. The van der Waals surface area contributed by atoms with E-state index in [9.17, 15) is 2.74 Å². The minimum absolute atomic E-state index is 0.225. The smallest absolute Gasteiger partial charge is 0.0720 e. The zero-order valence-electron chi connectivity index (χ0n) is 35.9. The molecule has 0 bridgehead atoms. The van der Waals surface area contributed by atoms with E-state index in [-0.39, 0.29) is 29.7 Å². The number of benzene rings is 9. The van der Waals surface area contributed by atoms with E-state index in [1.807, 2.05) is 84.9 Å². The van der Waals surface area contributed by atoms with Crippen LogP contribution in [0.3, 0.4) is 0 Å². The van der Waals surface area contributed by atoms with E-state index in [0.29, 0.717) is 0 Å². The van der Waals surface area contributed by atoms with Gasteiger partial charge in [0, 0.05) is 33.5 Å². The standard InChI is InChI=1S/C55H38N2/c1-5-18-39(19-6-1)40-32-34-44(35-33-40)56(42-22-9-3-10-23-42)45-36-37-50-48(38-45)46-26-13-15-28-49(46)55(50,41-20-7-2-8-21-41)51-29-17-31-53-54(51)47-27-14-16-30-52(47)57(53)43-24-11-4-12-25-43/h1-38H/i2D,7D,8D,20D,21D. The van der Waals surface area contributed by atoms with E-state index in [1.165, 1.54) is 0 Å². The fourth-order valence-electron chi connectivity index (χ4n) is 9.19. The molecule has 0 spiro atoms. The summed E-state index contributed by atoms with van der Waals surface area (Å²) in [4.78, 5) is 2.25. The molecular weight excluding hydrogens is 689 g/mol. The fourth-order valence-corrected chi connectivity index (χ4v) is 9.19. The SMILES string of the molecule is [2H]c1c([2H])c([2H])c(C2(c3cccc4c3c3ccccc3n4-c3ccccc3)c3ccccc3-c3cc(N(c4ccccc4)c4ccc(-c5ccccc5)cc4)ccc32)c([2H])c1[2H]. The number of fused-ring (bicyclic) bond motifs is 6. The average Bonchev–Trinajstić information content (AvgIpc) is 3.82. The molecule has 1 aliphatic carbocycles. The normalized spacial score (nSPS) is 15.6. The number of rotatable bonds is 7. The summed E-state index contributed by atoms with van der Waals surface area (Å²) >= 11 is 0. The minimum Gasteiger partial charge on any atom is -0.310 e. The topological polar surface area (TPSA) is 8.17 Å². The molecule has 0 radical (unpaired) electrons. The molecule has 1 aromatic heterocycles. The molecule has 1 aliphatic rings. The molecule has 2 nitrogen and oxygen atoms in total. The van der Waals surface area contributed by atoms with Crippen molar-refractivity contribution in [2.45, 2.75) is 5.41 Å². The zero-order chi connectivity index (χ0) is 42.1. The highest BCUT2D eigenvalue weighted by atomic mass is 15.1. The molecule has 1 atom stereocenters. The van der Waals surface area contributed by atoms with Crippen molar-refractivity contribution in [2.75, 3.05) is 4.90 Å². The first-order valence-corrected chi connectivity index (χ1v) is 19.3. The van der Waals surface area contributed by atoms with E-state index in [4.69, 9.17) is 4.11 Å². The van der Waals surface area contributed by atoms with Crippen molar-refractivity contribution in [3.63, 3.8) is 0 Å². The van der Waals surface area contributed by atoms with E-state index in [0.717, 1.165) is 83.5 Å². The minimum atomic E-state index is -1.32. The lowest BCUT2D eigenvalue weighted by Gasteiger charge is -2.35. The van der Waals surface area contributed by atoms with Gasteiger partial charge in [-0.3, -0.25) is 0 Å². The summed E-state index contributed by atoms with van der Waals surface area (Å²) in [5.74, 6) is 0. The van der Waals surface area contributed by atoms with Crippen LogP contribution >= 0.6 is 0 Å². The molecule has 11 rings (SSSR count). The number of hydrogen-bond donors (Lipinski definition) is 0. The van der Waals surface area contributed by atoms with Crippen molar-refractivity contribution >= 4 is 38.9 Å². The Kier molecular flexibility index (Phi) is 6.60. The van der Waals surface area contributed by atoms with Crippen molar-refractivity contribution in [1.29, 1.82) is 0 Å². The molecule has 0 saturated carbocycles. The highest BCUT2D eigenvalue weighted by molar-refractivity contribution is 6.12. The van der Waals surface area contributed by atoms with Gasteiger partial charge in [0.05, 0.1) is 23.3 Å². The molecule has 0 aliphatic heterocycles. The fraction of sp³-hybridized carbons (Fsp3) is 0.0182. The van der Waals surface area contributed by atoms with Gasteiger partial charge in [0.25, 0.3) is 0 Å². The Balaban J connectivity index is 1.23. The molecule has 0 amide bonds. The molecule has 268 valence electrons. The second-order valence-corrected chi connectivity index (χ2v) is 14.5. The highest BCUT2D eigenvalue weighted by Gasteiger charge is 2.47. The van der Waals surface area contributed by atoms with Gasteiger partial charge in [-0.1, -0.05) is 170 Å². The summed E-state index contributed by atoms with van der Waals surface area (Å²) in [6, 6.07) is 67.1. The van der Waals surface area contributed by atoms with Gasteiger partial charge in [0.1, 0.15) is 0 Å². The quantitative estimate of drug-likeness (QED) is 0.158. The number of anilines is 3. The van der Waals surface area contributed by atoms with Crippen molar-refractivity contribution in [2.24, 2.45) is 0 Å². The first-order chi connectivity index (χ1) is 30.4. The van der Waals surface area contributed by atoms with Crippen molar-refractivity contribution in [1.82, 2.24) is 4.57 Å². The van der Waals surface area contributed by atoms with E-state index in [1.54, 1.807) is 0 Å². The lowest BCUT2D eigenvalue weighted by atomic mass is 9.66. The van der Waals surface area contributed by atoms with Crippen molar-refractivity contribution in [3.05, 3.63) is 253 Å². The molecule has 1 unspecified atom stereocenters. The van der Waals surface area contributed by atoms with E-state index < -0.39 is 11.5 Å². The largest absolute Gasteiger partial charge is 0.310 e. The molecule has 57 heavy (non-hydrogen) atoms. The number of aromatic nitrogens is 1. The molecule has 0 fully saturated rings. The first-order valence-electron chi connectivity index (χ1n) is 21.8. The van der Waals surface area contributed by atoms with Crippen LogP contribution in [0.2, 0.25) is 0 Å². The zero-order valence-corrected chi connectivity index (χ0v) is 30.9. The van der Waals surface area contributed by atoms with Crippen molar-refractivity contribution in [3.8, 4) is 27.9 Å². The summed E-state index contributed by atoms with van der Waals surface area (Å²) in [6.45, 7) is 0. The summed E-state index contributed by atoms with van der Waals surface area (Å²) in [5, 5.41) is 1.96. The molecule has 0 saturated heterocycles. The third kappa shape index (κ3) is 5.11. The summed E-state index contributed by atoms with van der Waals surface area (Å²) in [5.41, 5.74) is 11.4. The van der Waals surface area contributed by atoms with Crippen LogP contribution < -0.4 is 4.90 Å². The van der Waals surface area contributed by atoms with Crippen LogP contribution in [0.25, 0.3) is 49.7 Å². The number of para-hydroxylation sites is 3. The third-order valence-corrected chi connectivity index (χ3v) is 11.5. The van der Waals surface area contributed by atoms with Crippen molar-refractivity contribution < 1.29 is 6.85 Å². The van der Waals surface area contributed by atoms with Crippen LogP contribution in [0.15, 0.2) is 230 Å². The van der Waals surface area contributed by atoms with Gasteiger partial charge in [0.2, 0.25) is 0 Å². The Labute approximate surface area is 340 Å². The molecule has 1 heterocycles. The predicted octanol–water partition coefficient (Wildman–Crippen LogP) is 14.3. The Morgan fingerprint density at radius 3 is 1.79 bits per heavy atom. The lowest BCUT2D eigenvalue weighted by molar-refractivity contribution is 0.777. The Hall–Kier alpha value is -7.42. The predicted molar refractivity (Wildman–Crippen MR) is 238 cm³/mol. The van der Waals surface area contributed by atoms with E-state index >= 15 is 0 Å². The average molecular weight is 732 g/mol. The molecule has 0 N–H and O–H groups in total. The summed E-state index contributed by atoms with van der Waals surface area (Å²) < 4.78 is 48.5. The Bertz CT molecular complexity index is 3320. The van der Waals surface area contributed by atoms with Gasteiger partial charge in [-0.2, -0.15) is 0 Å². The monoisotopic (exact) mass is 731 g/mol. The van der Waals surface area contributed by atoms with Crippen LogP contribution in [0.1, 0.15) is 29.1 Å². The molecule has 10 aromatic rings. The van der Waals surface area contributed by atoms with Gasteiger partial charge in [-0.25, -0.2) is 0 Å². The number of nitrogens with zero attached hydrogens (tertiary/aromatic N) is 2. The van der Waals surface area contributed by atoms with Gasteiger partial charge in [0.15, 0.2) is 0 Å². The molecule has 9 aromatic carbocycles. The highest BCUT2D eigenvalue weighted by Crippen LogP contribution is 2.59. The maximum Gasteiger partial charge on any atom is 0.0720 e. The van der Waals surface area contributed by atoms with Crippen LogP contribution in [0.4, 0.5) is 17.1 Å². The second kappa shape index (κ2) is 13.4. The van der Waals surface area contributed by atoms with Crippen LogP contribution in [0.5, 0.6) is 0 Å². The third-order valence-electron chi connectivity index (χ3n) is 11.5. The maximum absolute atomic E-state index is 9.70. The number of hydrogen-bond acceptors (Lipinski definition) is 1. The van der Waals surface area contributed by atoms with Gasteiger partial charge in [-0.05, 0) is 105 Å². The maximum atomic E-state index is 9.70. The van der Waals surface area contributed by atoms with Crippen LogP contribution in [-0.4, -0.2) is 4.57 Å². The van der Waals surface area contributed by atoms with Crippen LogP contribution in [0, 0.1) is 0 Å². The van der Waals surface area contributed by atoms with Gasteiger partial charge < -0.3 is 9.47 Å².